The van der Waals surface area contributed by atoms with Crippen molar-refractivity contribution in [1.29, 1.82) is 0 Å². The van der Waals surface area contributed by atoms with E-state index in [2.05, 4.69) is 10.2 Å². The first-order chi connectivity index (χ1) is 18.6. The lowest BCUT2D eigenvalue weighted by Gasteiger charge is -2.49. The first-order valence-electron chi connectivity index (χ1n) is 12.8. The van der Waals surface area contributed by atoms with Gasteiger partial charge in [-0.15, -0.1) is 10.2 Å². The van der Waals surface area contributed by atoms with Gasteiger partial charge in [0.25, 0.3) is 5.91 Å². The third-order valence-electron chi connectivity index (χ3n) is 8.06. The van der Waals surface area contributed by atoms with Crippen LogP contribution in [0.4, 0.5) is 32.0 Å². The molecule has 3 aromatic rings. The average Bonchev–Trinajstić information content (AvgIpc) is 3.43. The molecule has 214 valence electrons. The second kappa shape index (κ2) is 9.60. The lowest BCUT2D eigenvalue weighted by atomic mass is 9.59. The minimum Gasteiger partial charge on any atom is -0.318 e. The predicted molar refractivity (Wildman–Crippen MR) is 136 cm³/mol. The zero-order chi connectivity index (χ0) is 29.2. The van der Waals surface area contributed by atoms with Crippen molar-refractivity contribution in [1.82, 2.24) is 19.7 Å². The Morgan fingerprint density at radius 3 is 2.40 bits per heavy atom. The van der Waals surface area contributed by atoms with Gasteiger partial charge >= 0.3 is 6.18 Å². The normalized spacial score (nSPS) is 18.8. The molecule has 2 heterocycles. The van der Waals surface area contributed by atoms with E-state index in [9.17, 15) is 26.7 Å². The van der Waals surface area contributed by atoms with Crippen LogP contribution in [0.1, 0.15) is 71.3 Å². The number of carbonyl (C=O) groups excluding carboxylic acids is 1. The number of nitrogens with zero attached hydrogens (tertiary/aromatic N) is 5. The number of hydrogen-bond acceptors (Lipinski definition) is 4. The molecule has 1 aromatic heterocycles. The number of alkyl halides is 6. The largest absolute Gasteiger partial charge is 0.416 e. The second-order valence-corrected chi connectivity index (χ2v) is 11.1. The molecule has 1 amide bonds. The highest BCUT2D eigenvalue weighted by Gasteiger charge is 2.62. The number of aryl methyl sites for hydroxylation is 1. The van der Waals surface area contributed by atoms with Crippen molar-refractivity contribution in [2.24, 2.45) is 7.05 Å². The molecule has 1 atom stereocenters. The summed E-state index contributed by atoms with van der Waals surface area (Å²) in [5, 5.41) is 7.42. The van der Waals surface area contributed by atoms with Crippen LogP contribution in [0.2, 0.25) is 0 Å². The molecule has 2 aliphatic rings. The highest BCUT2D eigenvalue weighted by Crippen LogP contribution is 2.60. The number of carbonyl (C=O) groups is 1. The summed E-state index contributed by atoms with van der Waals surface area (Å²) in [4.78, 5) is 16.5. The van der Waals surface area contributed by atoms with Gasteiger partial charge in [-0.2, -0.15) is 13.2 Å². The van der Waals surface area contributed by atoms with E-state index in [0.717, 1.165) is 6.07 Å². The molecule has 0 spiro atoms. The SMILES string of the molecule is CC(C)N(C)Cc1cc2c(c(C(F)(F)F)c1)CN(c1cccc(C3([C@@H](F)c4nncn4C)CC(F)(F)C3)c1)C2=O. The minimum atomic E-state index is -4.69. The molecular formula is C28H29F6N5O. The highest BCUT2D eigenvalue weighted by molar-refractivity contribution is 6.10. The minimum absolute atomic E-state index is 0.0558. The maximum Gasteiger partial charge on any atom is 0.416 e. The molecule has 1 fully saturated rings. The maximum atomic E-state index is 15.9. The smallest absolute Gasteiger partial charge is 0.318 e. The topological polar surface area (TPSA) is 54.3 Å². The van der Waals surface area contributed by atoms with Crippen molar-refractivity contribution in [2.45, 2.75) is 69.5 Å². The number of halogens is 6. The Labute approximate surface area is 227 Å². The fraction of sp³-hybridized carbons (Fsp3) is 0.464. The predicted octanol–water partition coefficient (Wildman–Crippen LogP) is 6.21. The fourth-order valence-electron chi connectivity index (χ4n) is 5.64. The van der Waals surface area contributed by atoms with Gasteiger partial charge in [0.15, 0.2) is 12.0 Å². The van der Waals surface area contributed by atoms with Gasteiger partial charge in [0.2, 0.25) is 5.92 Å². The van der Waals surface area contributed by atoms with Crippen molar-refractivity contribution in [3.05, 3.63) is 76.4 Å². The van der Waals surface area contributed by atoms with E-state index in [0.29, 0.717) is 5.56 Å². The molecule has 12 heteroatoms. The monoisotopic (exact) mass is 565 g/mol. The molecule has 1 aliphatic heterocycles. The Morgan fingerprint density at radius 1 is 1.12 bits per heavy atom. The first kappa shape index (κ1) is 28.1. The second-order valence-electron chi connectivity index (χ2n) is 11.1. The standard InChI is InChI=1S/C28H29F6N5O/c1-16(2)37(3)11-17-8-20-21(22(9-17)28(32,33)34)12-39(25(20)40)19-7-5-6-18(10-19)26(13-27(30,31)14-26)23(29)24-36-35-15-38(24)4/h5-10,15-16,23H,11-14H2,1-4H3/t23-/m0/s1. The molecule has 0 unspecified atom stereocenters. The summed E-state index contributed by atoms with van der Waals surface area (Å²) < 4.78 is 88.0. The Morgan fingerprint density at radius 2 is 1.82 bits per heavy atom. The van der Waals surface area contributed by atoms with Crippen LogP contribution in [0.3, 0.4) is 0 Å². The van der Waals surface area contributed by atoms with Crippen LogP contribution in [0, 0.1) is 0 Å². The molecule has 0 N–H and O–H groups in total. The van der Waals surface area contributed by atoms with Crippen LogP contribution in [-0.4, -0.2) is 44.6 Å². The summed E-state index contributed by atoms with van der Waals surface area (Å²) in [7, 11) is 3.29. The van der Waals surface area contributed by atoms with Crippen molar-refractivity contribution in [2.75, 3.05) is 11.9 Å². The summed E-state index contributed by atoms with van der Waals surface area (Å²) in [6.07, 6.45) is -6.89. The van der Waals surface area contributed by atoms with Gasteiger partial charge in [-0.3, -0.25) is 9.69 Å². The van der Waals surface area contributed by atoms with Gasteiger partial charge < -0.3 is 9.47 Å². The number of hydrogen-bond donors (Lipinski definition) is 0. The molecule has 1 aliphatic carbocycles. The van der Waals surface area contributed by atoms with Gasteiger partial charge in [0, 0.05) is 49.1 Å². The third-order valence-corrected chi connectivity index (χ3v) is 8.06. The lowest BCUT2D eigenvalue weighted by molar-refractivity contribution is -0.151. The van der Waals surface area contributed by atoms with E-state index >= 15 is 4.39 Å². The number of aromatic nitrogens is 3. The molecule has 0 saturated heterocycles. The number of fused-ring (bicyclic) bond motifs is 1. The van der Waals surface area contributed by atoms with Crippen LogP contribution in [-0.2, 0) is 31.7 Å². The Bertz CT molecular complexity index is 1440. The number of anilines is 1. The summed E-state index contributed by atoms with van der Waals surface area (Å²) in [5.74, 6) is -3.84. The van der Waals surface area contributed by atoms with Crippen LogP contribution in [0.25, 0.3) is 0 Å². The maximum absolute atomic E-state index is 15.9. The average molecular weight is 566 g/mol. The molecule has 40 heavy (non-hydrogen) atoms. The molecule has 2 aromatic carbocycles. The van der Waals surface area contributed by atoms with Gasteiger partial charge in [-0.05, 0) is 61.9 Å². The number of rotatable bonds is 7. The zero-order valence-corrected chi connectivity index (χ0v) is 22.4. The van der Waals surface area contributed by atoms with Crippen molar-refractivity contribution < 1.29 is 31.1 Å². The van der Waals surface area contributed by atoms with E-state index in [1.165, 1.54) is 53.2 Å². The van der Waals surface area contributed by atoms with E-state index in [-0.39, 0.29) is 47.3 Å². The van der Waals surface area contributed by atoms with E-state index in [1.54, 1.807) is 7.05 Å². The molecule has 6 nitrogen and oxygen atoms in total. The Kier molecular flexibility index (Phi) is 6.75. The third kappa shape index (κ3) is 4.76. The molecular weight excluding hydrogens is 536 g/mol. The van der Waals surface area contributed by atoms with Crippen LogP contribution in [0.15, 0.2) is 42.7 Å². The Hall–Kier alpha value is -3.41. The van der Waals surface area contributed by atoms with Crippen LogP contribution < -0.4 is 4.90 Å². The summed E-state index contributed by atoms with van der Waals surface area (Å²) >= 11 is 0. The van der Waals surface area contributed by atoms with Crippen LogP contribution in [0.5, 0.6) is 0 Å². The van der Waals surface area contributed by atoms with Crippen molar-refractivity contribution in [3.8, 4) is 0 Å². The summed E-state index contributed by atoms with van der Waals surface area (Å²) in [6.45, 7) is 3.69. The number of amides is 1. The molecule has 5 rings (SSSR count). The van der Waals surface area contributed by atoms with E-state index < -0.39 is 48.0 Å². The lowest BCUT2D eigenvalue weighted by Crippen LogP contribution is -2.52. The first-order valence-corrected chi connectivity index (χ1v) is 12.8. The summed E-state index contributed by atoms with van der Waals surface area (Å²) in [6, 6.07) is 8.55. The number of benzene rings is 2. The molecule has 0 bridgehead atoms. The summed E-state index contributed by atoms with van der Waals surface area (Å²) in [5.41, 5.74) is -1.96. The van der Waals surface area contributed by atoms with Gasteiger partial charge in [-0.1, -0.05) is 12.1 Å². The highest BCUT2D eigenvalue weighted by atomic mass is 19.4. The van der Waals surface area contributed by atoms with Crippen LogP contribution >= 0.6 is 0 Å². The quantitative estimate of drug-likeness (QED) is 0.320. The van der Waals surface area contributed by atoms with Crippen molar-refractivity contribution >= 4 is 11.6 Å². The fourth-order valence-corrected chi connectivity index (χ4v) is 5.64. The van der Waals surface area contributed by atoms with Gasteiger partial charge in [0.05, 0.1) is 12.1 Å². The van der Waals surface area contributed by atoms with Gasteiger partial charge in [0.1, 0.15) is 6.33 Å². The molecule has 1 saturated carbocycles. The molecule has 0 radical (unpaired) electrons. The van der Waals surface area contributed by atoms with E-state index in [1.807, 2.05) is 18.7 Å². The van der Waals surface area contributed by atoms with E-state index in [4.69, 9.17) is 0 Å². The van der Waals surface area contributed by atoms with Crippen molar-refractivity contribution in [3.63, 3.8) is 0 Å². The van der Waals surface area contributed by atoms with Gasteiger partial charge in [-0.25, -0.2) is 13.2 Å². The Balaban J connectivity index is 1.53. The zero-order valence-electron chi connectivity index (χ0n) is 22.4.